The number of benzene rings is 2. The maximum atomic E-state index is 12.3. The molecule has 1 aliphatic heterocycles. The van der Waals surface area contributed by atoms with E-state index in [9.17, 15) is 4.79 Å². The molecule has 0 spiro atoms. The maximum Gasteiger partial charge on any atom is 0.251 e. The van der Waals surface area contributed by atoms with E-state index in [0.717, 1.165) is 37.5 Å². The number of anilines is 1. The number of nitrogens with zero attached hydrogens (tertiary/aromatic N) is 2. The molecular formula is C24H30N6O2. The summed E-state index contributed by atoms with van der Waals surface area (Å²) in [6.45, 7) is 3.21. The fourth-order valence-corrected chi connectivity index (χ4v) is 3.75. The third-order valence-corrected chi connectivity index (χ3v) is 5.62. The van der Waals surface area contributed by atoms with E-state index in [-0.39, 0.29) is 12.2 Å². The summed E-state index contributed by atoms with van der Waals surface area (Å²) in [5.74, 6) is 1.22. The summed E-state index contributed by atoms with van der Waals surface area (Å²) in [6.07, 6.45) is 6.29. The van der Waals surface area contributed by atoms with Crippen LogP contribution in [0.15, 0.2) is 67.3 Å². The predicted molar refractivity (Wildman–Crippen MR) is 125 cm³/mol. The minimum absolute atomic E-state index is 0.0210. The van der Waals surface area contributed by atoms with E-state index < -0.39 is 0 Å². The Hall–Kier alpha value is -3.36. The van der Waals surface area contributed by atoms with E-state index in [0.29, 0.717) is 18.0 Å². The van der Waals surface area contributed by atoms with Gasteiger partial charge in [0.15, 0.2) is 0 Å². The van der Waals surface area contributed by atoms with Gasteiger partial charge in [0, 0.05) is 55.7 Å². The summed E-state index contributed by atoms with van der Waals surface area (Å²) in [4.78, 5) is 16.3. The summed E-state index contributed by atoms with van der Waals surface area (Å²) >= 11 is 0. The Kier molecular flexibility index (Phi) is 7.37. The molecule has 1 aliphatic rings. The van der Waals surface area contributed by atoms with Crippen molar-refractivity contribution in [3.8, 4) is 5.75 Å². The number of hydrogen-bond acceptors (Lipinski definition) is 6. The molecule has 0 saturated carbocycles. The molecule has 4 N–H and O–H groups in total. The normalized spacial score (nSPS) is 18.2. The van der Waals surface area contributed by atoms with Crippen molar-refractivity contribution >= 4 is 11.6 Å². The number of nitrogens with one attached hydrogen (secondary N) is 4. The quantitative estimate of drug-likeness (QED) is 0.387. The minimum atomic E-state index is -0.0570. The van der Waals surface area contributed by atoms with Crippen molar-refractivity contribution in [2.75, 3.05) is 32.1 Å². The molecule has 4 rings (SSSR count). The highest BCUT2D eigenvalue weighted by Crippen LogP contribution is 2.20. The Morgan fingerprint density at radius 2 is 1.88 bits per heavy atom. The second-order valence-electron chi connectivity index (χ2n) is 7.85. The number of methoxy groups -OCH3 is 1. The first-order valence-corrected chi connectivity index (χ1v) is 10.9. The molecule has 32 heavy (non-hydrogen) atoms. The summed E-state index contributed by atoms with van der Waals surface area (Å²) in [7, 11) is 1.68. The van der Waals surface area contributed by atoms with Gasteiger partial charge in [-0.2, -0.15) is 0 Å². The van der Waals surface area contributed by atoms with Crippen molar-refractivity contribution in [2.24, 2.45) is 0 Å². The maximum absolute atomic E-state index is 12.3. The van der Waals surface area contributed by atoms with Crippen LogP contribution >= 0.6 is 0 Å². The third kappa shape index (κ3) is 5.87. The number of rotatable bonds is 9. The minimum Gasteiger partial charge on any atom is -0.497 e. The van der Waals surface area contributed by atoms with E-state index in [1.54, 1.807) is 19.6 Å². The van der Waals surface area contributed by atoms with Gasteiger partial charge in [-0.25, -0.2) is 4.98 Å². The van der Waals surface area contributed by atoms with Crippen molar-refractivity contribution in [2.45, 2.75) is 25.2 Å². The largest absolute Gasteiger partial charge is 0.497 e. The summed E-state index contributed by atoms with van der Waals surface area (Å²) in [5.41, 5.74) is 2.89. The zero-order chi connectivity index (χ0) is 22.2. The van der Waals surface area contributed by atoms with Crippen molar-refractivity contribution in [3.05, 3.63) is 78.4 Å². The number of carbonyl (C=O) groups excluding carboxylic acids is 1. The molecule has 1 amide bonds. The highest BCUT2D eigenvalue weighted by molar-refractivity contribution is 5.94. The van der Waals surface area contributed by atoms with Gasteiger partial charge in [0.1, 0.15) is 12.0 Å². The van der Waals surface area contributed by atoms with Crippen molar-refractivity contribution in [1.29, 1.82) is 0 Å². The van der Waals surface area contributed by atoms with Crippen LogP contribution in [0.3, 0.4) is 0 Å². The van der Waals surface area contributed by atoms with Crippen LogP contribution in [0.2, 0.25) is 0 Å². The lowest BCUT2D eigenvalue weighted by molar-refractivity contribution is 0.0952. The number of hydrogen-bond donors (Lipinski definition) is 4. The van der Waals surface area contributed by atoms with E-state index in [2.05, 4.69) is 38.4 Å². The molecule has 0 unspecified atom stereocenters. The van der Waals surface area contributed by atoms with Crippen LogP contribution in [0.25, 0.3) is 0 Å². The molecule has 0 radical (unpaired) electrons. The van der Waals surface area contributed by atoms with E-state index in [1.165, 1.54) is 5.56 Å². The van der Waals surface area contributed by atoms with Crippen LogP contribution in [0.4, 0.5) is 5.69 Å². The molecule has 168 valence electrons. The lowest BCUT2D eigenvalue weighted by Crippen LogP contribution is -2.55. The first kappa shape index (κ1) is 21.9. The molecule has 8 nitrogen and oxygen atoms in total. The smallest absolute Gasteiger partial charge is 0.251 e. The Morgan fingerprint density at radius 1 is 1.12 bits per heavy atom. The summed E-state index contributed by atoms with van der Waals surface area (Å²) < 4.78 is 7.23. The number of aryl methyl sites for hydroxylation is 1. The van der Waals surface area contributed by atoms with Crippen LogP contribution < -0.4 is 26.0 Å². The van der Waals surface area contributed by atoms with Gasteiger partial charge in [-0.05, 0) is 48.4 Å². The molecule has 1 fully saturated rings. The van der Waals surface area contributed by atoms with Gasteiger partial charge in [0.25, 0.3) is 5.91 Å². The first-order chi connectivity index (χ1) is 15.7. The molecule has 0 bridgehead atoms. The highest BCUT2D eigenvalue weighted by atomic mass is 16.5. The van der Waals surface area contributed by atoms with Gasteiger partial charge < -0.3 is 19.9 Å². The number of imidazole rings is 1. The zero-order valence-corrected chi connectivity index (χ0v) is 18.3. The molecule has 1 aromatic heterocycles. The third-order valence-electron chi connectivity index (χ3n) is 5.62. The van der Waals surface area contributed by atoms with Crippen LogP contribution in [0.5, 0.6) is 5.75 Å². The van der Waals surface area contributed by atoms with Gasteiger partial charge in [0.05, 0.1) is 13.4 Å². The monoisotopic (exact) mass is 434 g/mol. The molecule has 2 heterocycles. The summed E-state index contributed by atoms with van der Waals surface area (Å²) in [5, 5.41) is 13.4. The van der Waals surface area contributed by atoms with Crippen molar-refractivity contribution in [3.63, 3.8) is 0 Å². The lowest BCUT2D eigenvalue weighted by atomic mass is 9.97. The van der Waals surface area contributed by atoms with E-state index in [4.69, 9.17) is 4.74 Å². The fraction of sp³-hybridized carbons (Fsp3) is 0.333. The highest BCUT2D eigenvalue weighted by Gasteiger charge is 2.21. The SMILES string of the molecule is COc1ccc(C2CNC(Nc3ccc(C(=O)NCCCn4ccnc4)cc3)NC2)cc1. The van der Waals surface area contributed by atoms with Gasteiger partial charge >= 0.3 is 0 Å². The standard InChI is InChI=1S/C24H30N6O2/c1-32-22-9-5-18(6-10-22)20-15-27-24(28-16-20)29-21-7-3-19(4-8-21)23(31)26-11-2-13-30-14-12-25-17-30/h3-10,12,14,17,20,24,27-29H,2,11,13,15-16H2,1H3,(H,26,31). The Labute approximate surface area is 188 Å². The average molecular weight is 435 g/mol. The number of carbonyl (C=O) groups is 1. The zero-order valence-electron chi connectivity index (χ0n) is 18.3. The molecule has 8 heteroatoms. The Morgan fingerprint density at radius 3 is 2.53 bits per heavy atom. The number of ether oxygens (including phenoxy) is 1. The van der Waals surface area contributed by atoms with E-state index >= 15 is 0 Å². The second-order valence-corrected chi connectivity index (χ2v) is 7.85. The van der Waals surface area contributed by atoms with Gasteiger partial charge in [-0.3, -0.25) is 15.4 Å². The number of aromatic nitrogens is 2. The van der Waals surface area contributed by atoms with Crippen LogP contribution in [-0.2, 0) is 6.54 Å². The molecule has 3 aromatic rings. The topological polar surface area (TPSA) is 92.2 Å². The summed E-state index contributed by atoms with van der Waals surface area (Å²) in [6, 6.07) is 15.8. The van der Waals surface area contributed by atoms with Crippen LogP contribution in [0, 0.1) is 0 Å². The molecule has 1 saturated heterocycles. The first-order valence-electron chi connectivity index (χ1n) is 10.9. The van der Waals surface area contributed by atoms with Gasteiger partial charge in [0.2, 0.25) is 0 Å². The predicted octanol–water partition coefficient (Wildman–Crippen LogP) is 2.38. The van der Waals surface area contributed by atoms with Crippen LogP contribution in [-0.4, -0.2) is 48.5 Å². The van der Waals surface area contributed by atoms with E-state index in [1.807, 2.05) is 47.2 Å². The second kappa shape index (κ2) is 10.8. The van der Waals surface area contributed by atoms with Crippen molar-refractivity contribution in [1.82, 2.24) is 25.5 Å². The molecule has 0 atom stereocenters. The van der Waals surface area contributed by atoms with Gasteiger partial charge in [-0.1, -0.05) is 12.1 Å². The Bertz CT molecular complexity index is 965. The fourth-order valence-electron chi connectivity index (χ4n) is 3.75. The number of amides is 1. The van der Waals surface area contributed by atoms with Crippen LogP contribution in [0.1, 0.15) is 28.3 Å². The molecule has 2 aromatic carbocycles. The van der Waals surface area contributed by atoms with Crippen molar-refractivity contribution < 1.29 is 9.53 Å². The molecule has 0 aliphatic carbocycles. The Balaban J connectivity index is 1.19. The average Bonchev–Trinajstić information content (AvgIpc) is 3.36. The molecular weight excluding hydrogens is 404 g/mol. The lowest BCUT2D eigenvalue weighted by Gasteiger charge is -2.32. The van der Waals surface area contributed by atoms with Gasteiger partial charge in [-0.15, -0.1) is 0 Å².